The number of benzene rings is 1. The average molecular weight is 453 g/mol. The Labute approximate surface area is 157 Å². The Morgan fingerprint density at radius 3 is 2.35 bits per heavy atom. The first-order valence-corrected chi connectivity index (χ1v) is 9.56. The number of hydrogen-bond donors (Lipinski definition) is 2. The van der Waals surface area contributed by atoms with E-state index < -0.39 is 9.84 Å². The number of hydrogen-bond acceptors (Lipinski definition) is 3. The first-order chi connectivity index (χ1) is 10.3. The number of nitrogens with one attached hydrogen (secondary N) is 2. The third kappa shape index (κ3) is 9.80. The molecule has 1 aromatic carbocycles. The highest BCUT2D eigenvalue weighted by Gasteiger charge is 2.07. The lowest BCUT2D eigenvalue weighted by Gasteiger charge is -2.16. The fourth-order valence-electron chi connectivity index (χ4n) is 2.02. The fourth-order valence-corrected chi connectivity index (χ4v) is 2.69. The van der Waals surface area contributed by atoms with E-state index in [-0.39, 0.29) is 29.7 Å². The molecule has 1 unspecified atom stereocenters. The van der Waals surface area contributed by atoms with Crippen LogP contribution in [-0.4, -0.2) is 46.5 Å². The molecule has 23 heavy (non-hydrogen) atoms. The zero-order chi connectivity index (χ0) is 16.6. The van der Waals surface area contributed by atoms with Gasteiger partial charge in [0, 0.05) is 26.4 Å². The van der Waals surface area contributed by atoms with Crippen molar-refractivity contribution in [2.75, 3.05) is 32.1 Å². The molecule has 1 atom stereocenters. The molecular formula is C16H28IN3O2S. The largest absolute Gasteiger partial charge is 0.356 e. The van der Waals surface area contributed by atoms with E-state index in [2.05, 4.69) is 53.7 Å². The van der Waals surface area contributed by atoms with Gasteiger partial charge in [0.2, 0.25) is 0 Å². The Morgan fingerprint density at radius 1 is 1.22 bits per heavy atom. The smallest absolute Gasteiger partial charge is 0.190 e. The molecule has 0 aliphatic rings. The highest BCUT2D eigenvalue weighted by atomic mass is 127. The third-order valence-corrected chi connectivity index (χ3v) is 4.46. The van der Waals surface area contributed by atoms with Gasteiger partial charge in [0.1, 0.15) is 9.84 Å². The molecular weight excluding hydrogens is 425 g/mol. The second-order valence-corrected chi connectivity index (χ2v) is 7.93. The molecule has 7 heteroatoms. The number of aliphatic imine (C=N–C) groups is 1. The van der Waals surface area contributed by atoms with Crippen LogP contribution in [0.4, 0.5) is 0 Å². The zero-order valence-electron chi connectivity index (χ0n) is 14.3. The minimum Gasteiger partial charge on any atom is -0.356 e. The van der Waals surface area contributed by atoms with E-state index in [9.17, 15) is 8.42 Å². The molecule has 0 saturated heterocycles. The second kappa shape index (κ2) is 10.9. The van der Waals surface area contributed by atoms with Crippen molar-refractivity contribution in [3.05, 3.63) is 35.4 Å². The van der Waals surface area contributed by atoms with Gasteiger partial charge in [0.05, 0.1) is 5.75 Å². The van der Waals surface area contributed by atoms with Crippen LogP contribution in [0.5, 0.6) is 0 Å². The summed E-state index contributed by atoms with van der Waals surface area (Å²) >= 11 is 0. The summed E-state index contributed by atoms with van der Waals surface area (Å²) in [6, 6.07) is 8.52. The van der Waals surface area contributed by atoms with Crippen molar-refractivity contribution < 1.29 is 8.42 Å². The van der Waals surface area contributed by atoms with Crippen LogP contribution in [0.1, 0.15) is 30.4 Å². The zero-order valence-corrected chi connectivity index (χ0v) is 17.4. The van der Waals surface area contributed by atoms with Gasteiger partial charge in [-0.15, -0.1) is 24.0 Å². The number of sulfone groups is 1. The molecule has 2 N–H and O–H groups in total. The summed E-state index contributed by atoms with van der Waals surface area (Å²) in [5.41, 5.74) is 2.54. The molecule has 0 saturated carbocycles. The first kappa shape index (κ1) is 22.2. The van der Waals surface area contributed by atoms with E-state index in [1.54, 1.807) is 7.05 Å². The van der Waals surface area contributed by atoms with Gasteiger partial charge in [-0.25, -0.2) is 8.42 Å². The fraction of sp³-hybridized carbons (Fsp3) is 0.562. The molecule has 0 bridgehead atoms. The Bertz CT molecular complexity index is 586. The molecule has 0 fully saturated rings. The van der Waals surface area contributed by atoms with Crippen molar-refractivity contribution in [1.82, 2.24) is 10.6 Å². The summed E-state index contributed by atoms with van der Waals surface area (Å²) in [7, 11) is -1.18. The van der Waals surface area contributed by atoms with Crippen LogP contribution >= 0.6 is 24.0 Å². The lowest BCUT2D eigenvalue weighted by molar-refractivity contribution is 0.598. The van der Waals surface area contributed by atoms with E-state index in [1.165, 1.54) is 17.4 Å². The number of guanidine groups is 1. The number of aryl methyl sites for hydroxylation is 1. The number of nitrogens with zero attached hydrogens (tertiary/aromatic N) is 1. The molecule has 1 rings (SSSR count). The minimum absolute atomic E-state index is 0. The molecule has 5 nitrogen and oxygen atoms in total. The van der Waals surface area contributed by atoms with Gasteiger partial charge in [0.25, 0.3) is 0 Å². The lowest BCUT2D eigenvalue weighted by Crippen LogP contribution is -2.39. The van der Waals surface area contributed by atoms with Crippen LogP contribution in [-0.2, 0) is 9.84 Å². The predicted molar refractivity (Wildman–Crippen MR) is 109 cm³/mol. The second-order valence-electron chi connectivity index (χ2n) is 5.68. The van der Waals surface area contributed by atoms with E-state index in [1.807, 2.05) is 0 Å². The molecule has 0 aliphatic heterocycles. The van der Waals surface area contributed by atoms with Crippen LogP contribution in [0.2, 0.25) is 0 Å². The van der Waals surface area contributed by atoms with Crippen LogP contribution in [0.15, 0.2) is 29.3 Å². The summed E-state index contributed by atoms with van der Waals surface area (Å²) in [4.78, 5) is 4.15. The number of rotatable bonds is 7. The standard InChI is InChI=1S/C16H27N3O2S.HI/c1-13-6-8-15(9-7-13)14(2)12-19-16(17-3)18-10-5-11-22(4,20)21;/h6-9,14H,5,10-12H2,1-4H3,(H2,17,18,19);1H. The Morgan fingerprint density at radius 2 is 1.83 bits per heavy atom. The molecule has 0 spiro atoms. The molecule has 0 heterocycles. The Hall–Kier alpha value is -0.830. The van der Waals surface area contributed by atoms with Crippen molar-refractivity contribution in [1.29, 1.82) is 0 Å². The van der Waals surface area contributed by atoms with Crippen LogP contribution in [0.3, 0.4) is 0 Å². The maximum absolute atomic E-state index is 11.1. The monoisotopic (exact) mass is 453 g/mol. The lowest BCUT2D eigenvalue weighted by atomic mass is 10.0. The van der Waals surface area contributed by atoms with Crippen molar-refractivity contribution >= 4 is 39.8 Å². The summed E-state index contributed by atoms with van der Waals surface area (Å²) in [6.45, 7) is 5.60. The van der Waals surface area contributed by atoms with Gasteiger partial charge < -0.3 is 10.6 Å². The normalized spacial score (nSPS) is 13.1. The van der Waals surface area contributed by atoms with Crippen molar-refractivity contribution in [2.24, 2.45) is 4.99 Å². The van der Waals surface area contributed by atoms with E-state index in [0.717, 1.165) is 6.54 Å². The topological polar surface area (TPSA) is 70.6 Å². The van der Waals surface area contributed by atoms with Crippen LogP contribution in [0.25, 0.3) is 0 Å². The van der Waals surface area contributed by atoms with Crippen LogP contribution in [0, 0.1) is 6.92 Å². The van der Waals surface area contributed by atoms with E-state index >= 15 is 0 Å². The molecule has 0 aromatic heterocycles. The first-order valence-electron chi connectivity index (χ1n) is 7.50. The summed E-state index contributed by atoms with van der Waals surface area (Å²) in [6.07, 6.45) is 1.83. The average Bonchev–Trinajstić information content (AvgIpc) is 2.46. The summed E-state index contributed by atoms with van der Waals surface area (Å²) in [5, 5.41) is 6.40. The highest BCUT2D eigenvalue weighted by Crippen LogP contribution is 2.14. The SMILES string of the molecule is CN=C(NCCCS(C)(=O)=O)NCC(C)c1ccc(C)cc1.I. The van der Waals surface area contributed by atoms with Gasteiger partial charge in [0.15, 0.2) is 5.96 Å². The maximum atomic E-state index is 11.1. The van der Waals surface area contributed by atoms with Crippen molar-refractivity contribution in [3.63, 3.8) is 0 Å². The van der Waals surface area contributed by atoms with E-state index in [0.29, 0.717) is 24.8 Å². The Balaban J connectivity index is 0.00000484. The van der Waals surface area contributed by atoms with Gasteiger partial charge in [-0.05, 0) is 24.8 Å². The van der Waals surface area contributed by atoms with Gasteiger partial charge in [-0.3, -0.25) is 4.99 Å². The molecule has 1 aromatic rings. The molecule has 132 valence electrons. The van der Waals surface area contributed by atoms with Gasteiger partial charge in [-0.2, -0.15) is 0 Å². The summed E-state index contributed by atoms with van der Waals surface area (Å²) in [5.74, 6) is 1.26. The molecule has 0 radical (unpaired) electrons. The molecule has 0 aliphatic carbocycles. The molecule has 0 amide bonds. The van der Waals surface area contributed by atoms with Crippen LogP contribution < -0.4 is 10.6 Å². The number of halogens is 1. The minimum atomic E-state index is -2.89. The maximum Gasteiger partial charge on any atom is 0.190 e. The van der Waals surface area contributed by atoms with E-state index in [4.69, 9.17) is 0 Å². The quantitative estimate of drug-likeness (QED) is 0.288. The predicted octanol–water partition coefficient (Wildman–Crippen LogP) is 2.32. The van der Waals surface area contributed by atoms with Gasteiger partial charge in [-0.1, -0.05) is 36.8 Å². The third-order valence-electron chi connectivity index (χ3n) is 3.43. The Kier molecular flexibility index (Phi) is 10.5. The van der Waals surface area contributed by atoms with Crippen molar-refractivity contribution in [2.45, 2.75) is 26.2 Å². The van der Waals surface area contributed by atoms with Gasteiger partial charge >= 0.3 is 0 Å². The summed E-state index contributed by atoms with van der Waals surface area (Å²) < 4.78 is 22.1. The highest BCUT2D eigenvalue weighted by molar-refractivity contribution is 14.0. The van der Waals surface area contributed by atoms with Crippen molar-refractivity contribution in [3.8, 4) is 0 Å².